The van der Waals surface area contributed by atoms with Crippen LogP contribution >= 0.6 is 0 Å². The lowest BCUT2D eigenvalue weighted by atomic mass is 10.1. The van der Waals surface area contributed by atoms with Gasteiger partial charge in [-0.1, -0.05) is 29.8 Å². The van der Waals surface area contributed by atoms with Crippen LogP contribution in [0.25, 0.3) is 16.7 Å². The van der Waals surface area contributed by atoms with Crippen LogP contribution in [0.2, 0.25) is 0 Å². The average molecular weight is 475 g/mol. The predicted molar refractivity (Wildman–Crippen MR) is 134 cm³/mol. The van der Waals surface area contributed by atoms with Crippen molar-refractivity contribution in [3.8, 4) is 11.5 Å². The molecule has 9 nitrogen and oxygen atoms in total. The summed E-state index contributed by atoms with van der Waals surface area (Å²) in [6.45, 7) is 6.32. The third-order valence-electron chi connectivity index (χ3n) is 5.88. The minimum atomic E-state index is -0.378. The molecular formula is C26H28N5O4+. The SMILES string of the molecule is C=CC[n+]1c(N)c(C(=O)NCCc2ccc(OC)c(OC)c2)cc2c(=O)n3cccc(C)c3nc21. The number of hydrogen-bond acceptors (Lipinski definition) is 6. The van der Waals surface area contributed by atoms with Crippen LogP contribution in [0.1, 0.15) is 21.5 Å². The Morgan fingerprint density at radius 3 is 2.71 bits per heavy atom. The fourth-order valence-corrected chi connectivity index (χ4v) is 4.06. The molecule has 0 bridgehead atoms. The van der Waals surface area contributed by atoms with Gasteiger partial charge in [0.15, 0.2) is 11.5 Å². The average Bonchev–Trinajstić information content (AvgIpc) is 2.86. The molecule has 180 valence electrons. The van der Waals surface area contributed by atoms with Gasteiger partial charge in [-0.25, -0.2) is 4.57 Å². The highest BCUT2D eigenvalue weighted by molar-refractivity contribution is 6.00. The molecule has 0 spiro atoms. The fourth-order valence-electron chi connectivity index (χ4n) is 4.06. The third-order valence-corrected chi connectivity index (χ3v) is 5.88. The topological polar surface area (TPSA) is 112 Å². The van der Waals surface area contributed by atoms with Crippen molar-refractivity contribution in [2.24, 2.45) is 0 Å². The van der Waals surface area contributed by atoms with Gasteiger partial charge in [-0.2, -0.15) is 0 Å². The normalized spacial score (nSPS) is 10.9. The standard InChI is InChI=1S/C26H27N5O4/c1-5-12-30-22(27)18(15-19-24(30)29-23-16(2)7-6-13-31(23)26(19)33)25(32)28-11-10-17-8-9-20(34-3)21(14-17)35-4/h5-9,13-15,27H,1,10-12H2,2-4H3,(H,28,32)/p+1. The summed E-state index contributed by atoms with van der Waals surface area (Å²) in [6.07, 6.45) is 3.88. The molecule has 0 aliphatic rings. The molecule has 0 aliphatic heterocycles. The van der Waals surface area contributed by atoms with Gasteiger partial charge in [0, 0.05) is 18.3 Å². The quantitative estimate of drug-likeness (QED) is 0.230. The summed E-state index contributed by atoms with van der Waals surface area (Å²) >= 11 is 0. The van der Waals surface area contributed by atoms with Crippen LogP contribution < -0.4 is 30.7 Å². The molecular weight excluding hydrogens is 446 g/mol. The first kappa shape index (κ1) is 23.7. The Morgan fingerprint density at radius 1 is 1.23 bits per heavy atom. The van der Waals surface area contributed by atoms with Gasteiger partial charge in [0.2, 0.25) is 11.5 Å². The zero-order valence-corrected chi connectivity index (χ0v) is 20.0. The molecule has 4 rings (SSSR count). The highest BCUT2D eigenvalue weighted by atomic mass is 16.5. The van der Waals surface area contributed by atoms with E-state index < -0.39 is 0 Å². The number of anilines is 1. The van der Waals surface area contributed by atoms with Gasteiger partial charge in [-0.15, -0.1) is 0 Å². The molecule has 0 saturated carbocycles. The van der Waals surface area contributed by atoms with E-state index in [4.69, 9.17) is 20.2 Å². The number of fused-ring (bicyclic) bond motifs is 2. The highest BCUT2D eigenvalue weighted by Crippen LogP contribution is 2.27. The molecule has 35 heavy (non-hydrogen) atoms. The van der Waals surface area contributed by atoms with Crippen molar-refractivity contribution < 1.29 is 18.8 Å². The zero-order chi connectivity index (χ0) is 25.1. The lowest BCUT2D eigenvalue weighted by Crippen LogP contribution is -2.42. The van der Waals surface area contributed by atoms with Gasteiger partial charge < -0.3 is 20.5 Å². The number of aromatic nitrogens is 3. The maximum atomic E-state index is 13.3. The van der Waals surface area contributed by atoms with Crippen LogP contribution in [-0.4, -0.2) is 36.1 Å². The van der Waals surface area contributed by atoms with Gasteiger partial charge in [0.1, 0.15) is 10.9 Å². The summed E-state index contributed by atoms with van der Waals surface area (Å²) in [7, 11) is 3.15. The first-order chi connectivity index (χ1) is 16.9. The number of nitrogens with zero attached hydrogens (tertiary/aromatic N) is 3. The van der Waals surface area contributed by atoms with E-state index in [1.165, 1.54) is 10.5 Å². The maximum absolute atomic E-state index is 13.3. The number of aryl methyl sites for hydroxylation is 1. The number of hydrogen-bond donors (Lipinski definition) is 2. The molecule has 3 N–H and O–H groups in total. The zero-order valence-electron chi connectivity index (χ0n) is 20.0. The number of ether oxygens (including phenoxy) is 2. The van der Waals surface area contributed by atoms with Crippen LogP contribution in [0.15, 0.2) is 60.0 Å². The van der Waals surface area contributed by atoms with Crippen LogP contribution in [0.5, 0.6) is 11.5 Å². The lowest BCUT2D eigenvalue weighted by Gasteiger charge is -2.12. The van der Waals surface area contributed by atoms with Crippen molar-refractivity contribution in [2.45, 2.75) is 19.9 Å². The van der Waals surface area contributed by atoms with E-state index in [2.05, 4.69) is 11.9 Å². The number of allylic oxidation sites excluding steroid dienone is 1. The van der Waals surface area contributed by atoms with Gasteiger partial charge >= 0.3 is 0 Å². The lowest BCUT2D eigenvalue weighted by molar-refractivity contribution is -0.648. The summed E-state index contributed by atoms with van der Waals surface area (Å²) in [5, 5.41) is 3.19. The minimum absolute atomic E-state index is 0.207. The fraction of sp³-hybridized carbons (Fsp3) is 0.231. The second kappa shape index (κ2) is 9.84. The number of nitrogens with one attached hydrogen (secondary N) is 1. The Morgan fingerprint density at radius 2 is 2.00 bits per heavy atom. The first-order valence-corrected chi connectivity index (χ1v) is 11.1. The molecule has 1 aromatic carbocycles. The Hall–Kier alpha value is -4.40. The van der Waals surface area contributed by atoms with E-state index in [0.29, 0.717) is 47.7 Å². The molecule has 1 amide bonds. The summed E-state index contributed by atoms with van der Waals surface area (Å²) in [5.41, 5.74) is 9.10. The largest absolute Gasteiger partial charge is 0.493 e. The molecule has 0 fully saturated rings. The number of nitrogen functional groups attached to an aromatic ring is 1. The Balaban J connectivity index is 1.68. The number of methoxy groups -OCH3 is 2. The van der Waals surface area contributed by atoms with Crippen LogP contribution in [0, 0.1) is 6.92 Å². The third kappa shape index (κ3) is 4.40. The molecule has 0 unspecified atom stereocenters. The highest BCUT2D eigenvalue weighted by Gasteiger charge is 2.24. The van der Waals surface area contributed by atoms with Gasteiger partial charge in [0.05, 0.1) is 20.8 Å². The first-order valence-electron chi connectivity index (χ1n) is 11.1. The van der Waals surface area contributed by atoms with Gasteiger partial charge in [0.25, 0.3) is 17.1 Å². The molecule has 3 heterocycles. The molecule has 0 atom stereocenters. The van der Waals surface area contributed by atoms with Crippen LogP contribution in [-0.2, 0) is 13.0 Å². The number of carbonyl (C=O) groups is 1. The number of nitrogens with two attached hydrogens (primary N) is 1. The monoisotopic (exact) mass is 474 g/mol. The van der Waals surface area contributed by atoms with E-state index in [0.717, 1.165) is 11.1 Å². The molecule has 0 saturated heterocycles. The number of carbonyl (C=O) groups excluding carboxylic acids is 1. The van der Waals surface area contributed by atoms with E-state index in [1.54, 1.807) is 37.1 Å². The van der Waals surface area contributed by atoms with E-state index >= 15 is 0 Å². The van der Waals surface area contributed by atoms with Gasteiger partial charge in [-0.05, 0) is 43.2 Å². The molecule has 4 aromatic rings. The van der Waals surface area contributed by atoms with Gasteiger partial charge in [-0.3, -0.25) is 14.0 Å². The van der Waals surface area contributed by atoms with Crippen molar-refractivity contribution in [2.75, 3.05) is 26.5 Å². The number of amides is 1. The number of benzene rings is 1. The maximum Gasteiger partial charge on any atom is 0.278 e. The van der Waals surface area contributed by atoms with Crippen molar-refractivity contribution in [3.63, 3.8) is 0 Å². The Kier molecular flexibility index (Phi) is 6.68. The molecule has 9 heteroatoms. The van der Waals surface area contributed by atoms with Crippen molar-refractivity contribution in [3.05, 3.63) is 82.3 Å². The molecule has 0 radical (unpaired) electrons. The second-order valence-electron chi connectivity index (χ2n) is 8.08. The van der Waals surface area contributed by atoms with Crippen molar-refractivity contribution >= 4 is 28.4 Å². The summed E-state index contributed by atoms with van der Waals surface area (Å²) in [6, 6.07) is 10.8. The predicted octanol–water partition coefficient (Wildman–Crippen LogP) is 2.20. The van der Waals surface area contributed by atoms with E-state index in [-0.39, 0.29) is 22.8 Å². The summed E-state index contributed by atoms with van der Waals surface area (Å²) in [4.78, 5) is 31.1. The molecule has 3 aromatic heterocycles. The summed E-state index contributed by atoms with van der Waals surface area (Å²) < 4.78 is 13.7. The van der Waals surface area contributed by atoms with Crippen LogP contribution in [0.3, 0.4) is 0 Å². The van der Waals surface area contributed by atoms with Crippen molar-refractivity contribution in [1.82, 2.24) is 14.7 Å². The van der Waals surface area contributed by atoms with E-state index in [1.807, 2.05) is 31.2 Å². The van der Waals surface area contributed by atoms with Crippen LogP contribution in [0.4, 0.5) is 5.82 Å². The number of rotatable bonds is 8. The Bertz CT molecular complexity index is 1510. The Labute approximate surface area is 202 Å². The minimum Gasteiger partial charge on any atom is -0.493 e. The van der Waals surface area contributed by atoms with E-state index in [9.17, 15) is 9.59 Å². The summed E-state index contributed by atoms with van der Waals surface area (Å²) in [5.74, 6) is 1.09. The smallest absolute Gasteiger partial charge is 0.278 e. The van der Waals surface area contributed by atoms with Crippen molar-refractivity contribution in [1.29, 1.82) is 0 Å². The molecule has 0 aliphatic carbocycles. The second-order valence-corrected chi connectivity index (χ2v) is 8.08. The number of pyridine rings is 2.